The first kappa shape index (κ1) is 21.0. The van der Waals surface area contributed by atoms with E-state index in [1.807, 2.05) is 36.4 Å². The van der Waals surface area contributed by atoms with Gasteiger partial charge in [-0.25, -0.2) is 0 Å². The van der Waals surface area contributed by atoms with Crippen LogP contribution in [0.25, 0.3) is 0 Å². The highest BCUT2D eigenvalue weighted by Crippen LogP contribution is 2.23. The van der Waals surface area contributed by atoms with Gasteiger partial charge in [-0.2, -0.15) is 0 Å². The zero-order chi connectivity index (χ0) is 21.0. The zero-order valence-corrected chi connectivity index (χ0v) is 18.8. The van der Waals surface area contributed by atoms with E-state index in [2.05, 4.69) is 54.0 Å². The lowest BCUT2D eigenvalue weighted by molar-refractivity contribution is 0.101. The van der Waals surface area contributed by atoms with E-state index in [0.29, 0.717) is 22.5 Å². The normalized spacial score (nSPS) is 11.0. The van der Waals surface area contributed by atoms with Crippen LogP contribution in [0.2, 0.25) is 0 Å². The number of carbonyl (C=O) groups is 2. The van der Waals surface area contributed by atoms with Crippen LogP contribution in [0.4, 0.5) is 11.4 Å². The van der Waals surface area contributed by atoms with E-state index in [1.165, 1.54) is 5.56 Å². The summed E-state index contributed by atoms with van der Waals surface area (Å²) in [4.78, 5) is 25.0. The summed E-state index contributed by atoms with van der Waals surface area (Å²) in [6, 6.07) is 22.1. The van der Waals surface area contributed by atoms with Gasteiger partial charge in [0.05, 0.1) is 0 Å². The van der Waals surface area contributed by atoms with Crippen molar-refractivity contribution < 1.29 is 9.59 Å². The maximum Gasteiger partial charge on any atom is 0.255 e. The highest BCUT2D eigenvalue weighted by molar-refractivity contribution is 14.1. The van der Waals surface area contributed by atoms with Gasteiger partial charge < -0.3 is 10.6 Å². The summed E-state index contributed by atoms with van der Waals surface area (Å²) in [5, 5.41) is 5.75. The Morgan fingerprint density at radius 1 is 0.724 bits per heavy atom. The Kier molecular flexibility index (Phi) is 6.37. The van der Waals surface area contributed by atoms with E-state index in [4.69, 9.17) is 0 Å². The van der Waals surface area contributed by atoms with Crippen LogP contribution in [0, 0.1) is 3.57 Å². The second kappa shape index (κ2) is 8.78. The maximum absolute atomic E-state index is 12.6. The highest BCUT2D eigenvalue weighted by atomic mass is 127. The molecule has 148 valence electrons. The molecule has 0 atom stereocenters. The second-order valence-corrected chi connectivity index (χ2v) is 9.07. The fraction of sp³-hybridized carbons (Fsp3) is 0.167. The molecule has 3 aromatic rings. The number of benzene rings is 3. The molecular formula is C24H23IN2O2. The molecule has 5 heteroatoms. The van der Waals surface area contributed by atoms with Gasteiger partial charge in [-0.3, -0.25) is 9.59 Å². The third-order valence-electron chi connectivity index (χ3n) is 4.50. The second-order valence-electron chi connectivity index (χ2n) is 7.82. The van der Waals surface area contributed by atoms with Crippen molar-refractivity contribution in [3.05, 3.63) is 93.1 Å². The first-order chi connectivity index (χ1) is 13.7. The Labute approximate surface area is 184 Å². The van der Waals surface area contributed by atoms with Crippen molar-refractivity contribution in [3.63, 3.8) is 0 Å². The minimum atomic E-state index is -0.192. The van der Waals surface area contributed by atoms with Crippen LogP contribution in [0.3, 0.4) is 0 Å². The smallest absolute Gasteiger partial charge is 0.255 e. The third-order valence-corrected chi connectivity index (χ3v) is 5.22. The van der Waals surface area contributed by atoms with Crippen LogP contribution < -0.4 is 10.6 Å². The number of hydrogen-bond acceptors (Lipinski definition) is 2. The fourth-order valence-corrected chi connectivity index (χ4v) is 3.16. The average Bonchev–Trinajstić information content (AvgIpc) is 2.68. The SMILES string of the molecule is CC(C)(C)c1ccc(C(=O)Nc2cccc(NC(=O)c3ccc(I)cc3)c2)cc1. The average molecular weight is 498 g/mol. The van der Waals surface area contributed by atoms with Crippen LogP contribution in [0.15, 0.2) is 72.8 Å². The Balaban J connectivity index is 1.68. The summed E-state index contributed by atoms with van der Waals surface area (Å²) >= 11 is 2.20. The fourth-order valence-electron chi connectivity index (χ4n) is 2.80. The van der Waals surface area contributed by atoms with Gasteiger partial charge in [0.1, 0.15) is 0 Å². The summed E-state index contributed by atoms with van der Waals surface area (Å²) < 4.78 is 1.07. The predicted molar refractivity (Wildman–Crippen MR) is 127 cm³/mol. The Bertz CT molecular complexity index is 1020. The van der Waals surface area contributed by atoms with Gasteiger partial charge >= 0.3 is 0 Å². The number of nitrogens with one attached hydrogen (secondary N) is 2. The van der Waals surface area contributed by atoms with Crippen molar-refractivity contribution in [2.45, 2.75) is 26.2 Å². The Morgan fingerprint density at radius 3 is 1.62 bits per heavy atom. The molecule has 0 aliphatic rings. The molecule has 0 saturated carbocycles. The quantitative estimate of drug-likeness (QED) is 0.428. The summed E-state index contributed by atoms with van der Waals surface area (Å²) in [7, 11) is 0. The van der Waals surface area contributed by atoms with Gasteiger partial charge in [-0.1, -0.05) is 39.0 Å². The number of amides is 2. The molecule has 3 rings (SSSR count). The van der Waals surface area contributed by atoms with E-state index in [1.54, 1.807) is 36.4 Å². The standard InChI is InChI=1S/C24H23IN2O2/c1-24(2,3)18-11-7-16(8-12-18)22(28)26-20-5-4-6-21(15-20)27-23(29)17-9-13-19(25)14-10-17/h4-15H,1-3H3,(H,26,28)(H,27,29). The molecule has 0 spiro atoms. The molecule has 0 radical (unpaired) electrons. The van der Waals surface area contributed by atoms with Gasteiger partial charge in [0.2, 0.25) is 0 Å². The maximum atomic E-state index is 12.6. The first-order valence-electron chi connectivity index (χ1n) is 9.31. The van der Waals surface area contributed by atoms with E-state index >= 15 is 0 Å². The lowest BCUT2D eigenvalue weighted by Gasteiger charge is -2.19. The molecule has 29 heavy (non-hydrogen) atoms. The van der Waals surface area contributed by atoms with Crippen molar-refractivity contribution in [1.82, 2.24) is 0 Å². The van der Waals surface area contributed by atoms with Gasteiger partial charge in [-0.15, -0.1) is 0 Å². The Hall–Kier alpha value is -2.67. The summed E-state index contributed by atoms with van der Waals surface area (Å²) in [5.74, 6) is -0.380. The molecule has 0 heterocycles. The van der Waals surface area contributed by atoms with Crippen LogP contribution in [-0.2, 0) is 5.41 Å². The van der Waals surface area contributed by atoms with E-state index in [-0.39, 0.29) is 17.2 Å². The van der Waals surface area contributed by atoms with Gasteiger partial charge in [0.15, 0.2) is 0 Å². The highest BCUT2D eigenvalue weighted by Gasteiger charge is 2.14. The molecule has 4 nitrogen and oxygen atoms in total. The van der Waals surface area contributed by atoms with E-state index < -0.39 is 0 Å². The van der Waals surface area contributed by atoms with Crippen LogP contribution >= 0.6 is 22.6 Å². The number of rotatable bonds is 4. The van der Waals surface area contributed by atoms with Gasteiger partial charge in [0, 0.05) is 26.1 Å². The molecule has 0 aliphatic heterocycles. The van der Waals surface area contributed by atoms with E-state index in [9.17, 15) is 9.59 Å². The van der Waals surface area contributed by atoms with Crippen molar-refractivity contribution in [2.24, 2.45) is 0 Å². The van der Waals surface area contributed by atoms with Crippen molar-refractivity contribution >= 4 is 45.8 Å². The molecule has 0 bridgehead atoms. The Morgan fingerprint density at radius 2 is 1.17 bits per heavy atom. The van der Waals surface area contributed by atoms with Crippen LogP contribution in [-0.4, -0.2) is 11.8 Å². The monoisotopic (exact) mass is 498 g/mol. The molecule has 0 aromatic heterocycles. The van der Waals surface area contributed by atoms with Crippen molar-refractivity contribution in [3.8, 4) is 0 Å². The van der Waals surface area contributed by atoms with Gasteiger partial charge in [0.25, 0.3) is 11.8 Å². The first-order valence-corrected chi connectivity index (χ1v) is 10.4. The molecule has 2 amide bonds. The van der Waals surface area contributed by atoms with Crippen LogP contribution in [0.1, 0.15) is 47.1 Å². The number of halogens is 1. The molecule has 3 aromatic carbocycles. The predicted octanol–water partition coefficient (Wildman–Crippen LogP) is 6.09. The third kappa shape index (κ3) is 5.67. The van der Waals surface area contributed by atoms with Crippen molar-refractivity contribution in [2.75, 3.05) is 10.6 Å². The lowest BCUT2D eigenvalue weighted by atomic mass is 9.87. The molecule has 2 N–H and O–H groups in total. The lowest BCUT2D eigenvalue weighted by Crippen LogP contribution is -2.15. The molecule has 0 saturated heterocycles. The molecule has 0 aliphatic carbocycles. The number of anilines is 2. The number of carbonyl (C=O) groups excluding carboxylic acids is 2. The molecule has 0 unspecified atom stereocenters. The molecule has 0 fully saturated rings. The zero-order valence-electron chi connectivity index (χ0n) is 16.6. The summed E-state index contributed by atoms with van der Waals surface area (Å²) in [6.07, 6.45) is 0. The minimum Gasteiger partial charge on any atom is -0.322 e. The molecular weight excluding hydrogens is 475 g/mol. The topological polar surface area (TPSA) is 58.2 Å². The van der Waals surface area contributed by atoms with Crippen LogP contribution in [0.5, 0.6) is 0 Å². The van der Waals surface area contributed by atoms with Gasteiger partial charge in [-0.05, 0) is 88.2 Å². The minimum absolute atomic E-state index is 0.0403. The summed E-state index contributed by atoms with van der Waals surface area (Å²) in [6.45, 7) is 6.41. The van der Waals surface area contributed by atoms with Crippen molar-refractivity contribution in [1.29, 1.82) is 0 Å². The largest absolute Gasteiger partial charge is 0.322 e. The number of hydrogen-bond donors (Lipinski definition) is 2. The van der Waals surface area contributed by atoms with E-state index in [0.717, 1.165) is 3.57 Å². The summed E-state index contributed by atoms with van der Waals surface area (Å²) in [5.41, 5.74) is 3.63.